The van der Waals surface area contributed by atoms with Gasteiger partial charge in [0, 0.05) is 13.0 Å². The third kappa shape index (κ3) is 0.662. The minimum Gasteiger partial charge on any atom is -0.431 e. The Morgan fingerprint density at radius 2 is 2.62 bits per heavy atom. The van der Waals surface area contributed by atoms with E-state index in [1.165, 1.54) is 12.7 Å². The van der Waals surface area contributed by atoms with Crippen LogP contribution in [0.2, 0.25) is 6.32 Å². The zero-order valence-corrected chi connectivity index (χ0v) is 4.89. The van der Waals surface area contributed by atoms with Gasteiger partial charge in [0.25, 0.3) is 0 Å². The van der Waals surface area contributed by atoms with Gasteiger partial charge in [0.05, 0.1) is 6.10 Å². The van der Waals surface area contributed by atoms with Crippen LogP contribution >= 0.6 is 0 Å². The Kier molecular flexibility index (Phi) is 1.05. The summed E-state index contributed by atoms with van der Waals surface area (Å²) in [6.45, 7) is 1.63. The quantitative estimate of drug-likeness (QED) is 0.441. The first kappa shape index (κ1) is 4.83. The molecule has 2 aliphatic heterocycles. The Labute approximate surface area is 49.7 Å². The average Bonchev–Trinajstić information content (AvgIpc) is 2.12. The van der Waals surface area contributed by atoms with Crippen molar-refractivity contribution in [3.05, 3.63) is 0 Å². The van der Waals surface area contributed by atoms with E-state index in [4.69, 9.17) is 4.65 Å². The van der Waals surface area contributed by atoms with Crippen molar-refractivity contribution in [1.82, 2.24) is 5.32 Å². The number of rotatable bonds is 0. The van der Waals surface area contributed by atoms with Crippen molar-refractivity contribution in [2.24, 2.45) is 0 Å². The van der Waals surface area contributed by atoms with Gasteiger partial charge in [0.1, 0.15) is 0 Å². The number of nitrogens with one attached hydrogen (secondary N) is 1. The summed E-state index contributed by atoms with van der Waals surface area (Å²) in [4.78, 5) is 0. The zero-order chi connectivity index (χ0) is 5.40. The maximum atomic E-state index is 5.53. The molecule has 2 saturated heterocycles. The summed E-state index contributed by atoms with van der Waals surface area (Å²) in [6, 6.07) is 0. The Morgan fingerprint density at radius 1 is 1.62 bits per heavy atom. The van der Waals surface area contributed by atoms with Crippen molar-refractivity contribution in [3.63, 3.8) is 0 Å². The monoisotopic (exact) mass is 111 g/mol. The first-order valence-electron chi connectivity index (χ1n) is 3.31. The minimum atomic E-state index is 0.550. The molecule has 2 heterocycles. The molecule has 2 aliphatic rings. The lowest BCUT2D eigenvalue weighted by Crippen LogP contribution is -2.41. The van der Waals surface area contributed by atoms with E-state index in [1.807, 2.05) is 0 Å². The second-order valence-electron chi connectivity index (χ2n) is 2.62. The van der Waals surface area contributed by atoms with Crippen LogP contribution in [0.1, 0.15) is 6.42 Å². The normalized spacial score (nSPS) is 36.0. The predicted octanol–water partition coefficient (Wildman–Crippen LogP) is -0.0908. The average molecular weight is 111 g/mol. The van der Waals surface area contributed by atoms with Gasteiger partial charge in [-0.15, -0.1) is 0 Å². The molecule has 0 amide bonds. The van der Waals surface area contributed by atoms with E-state index in [2.05, 4.69) is 5.32 Å². The molecular weight excluding hydrogens is 101 g/mol. The summed E-state index contributed by atoms with van der Waals surface area (Å²) in [6.07, 6.45) is 4.18. The smallest absolute Gasteiger partial charge is 0.307 e. The molecule has 0 aliphatic carbocycles. The molecule has 0 aromatic rings. The SMILES string of the molecule is C1CC2CNCB1O2. The van der Waals surface area contributed by atoms with E-state index in [9.17, 15) is 0 Å². The van der Waals surface area contributed by atoms with Crippen LogP contribution in [-0.4, -0.2) is 26.0 Å². The summed E-state index contributed by atoms with van der Waals surface area (Å²) in [5.41, 5.74) is 0. The van der Waals surface area contributed by atoms with Crippen molar-refractivity contribution in [3.8, 4) is 0 Å². The lowest BCUT2D eigenvalue weighted by Gasteiger charge is -2.18. The van der Waals surface area contributed by atoms with Gasteiger partial charge in [0.2, 0.25) is 0 Å². The fourth-order valence-electron chi connectivity index (χ4n) is 1.49. The van der Waals surface area contributed by atoms with Gasteiger partial charge < -0.3 is 9.97 Å². The molecule has 8 heavy (non-hydrogen) atoms. The van der Waals surface area contributed by atoms with Gasteiger partial charge in [-0.3, -0.25) is 0 Å². The lowest BCUT2D eigenvalue weighted by molar-refractivity contribution is 0.209. The maximum Gasteiger partial charge on any atom is 0.307 e. The molecule has 0 aromatic heterocycles. The second kappa shape index (κ2) is 1.74. The summed E-state index contributed by atoms with van der Waals surface area (Å²) >= 11 is 0. The molecule has 2 rings (SSSR count). The fourth-order valence-corrected chi connectivity index (χ4v) is 1.49. The zero-order valence-electron chi connectivity index (χ0n) is 4.89. The summed E-state index contributed by atoms with van der Waals surface area (Å²) in [7, 11) is 0. The van der Waals surface area contributed by atoms with E-state index in [0.29, 0.717) is 13.0 Å². The van der Waals surface area contributed by atoms with Gasteiger partial charge in [-0.1, -0.05) is 0 Å². The molecule has 0 saturated carbocycles. The third-order valence-corrected chi connectivity index (χ3v) is 1.94. The fraction of sp³-hybridized carbons (Fsp3) is 1.00. The second-order valence-corrected chi connectivity index (χ2v) is 2.62. The van der Waals surface area contributed by atoms with Gasteiger partial charge >= 0.3 is 6.92 Å². The Morgan fingerprint density at radius 3 is 3.38 bits per heavy atom. The first-order valence-corrected chi connectivity index (χ1v) is 3.31. The molecule has 2 bridgehead atoms. The summed E-state index contributed by atoms with van der Waals surface area (Å²) < 4.78 is 5.53. The highest BCUT2D eigenvalue weighted by molar-refractivity contribution is 6.53. The number of hydrogen-bond donors (Lipinski definition) is 1. The number of hydrogen-bond acceptors (Lipinski definition) is 2. The van der Waals surface area contributed by atoms with E-state index in [1.54, 1.807) is 0 Å². The van der Waals surface area contributed by atoms with Crippen molar-refractivity contribution >= 4 is 6.92 Å². The topological polar surface area (TPSA) is 21.3 Å². The van der Waals surface area contributed by atoms with Gasteiger partial charge in [-0.2, -0.15) is 0 Å². The molecular formula is C5H10BNO. The molecule has 2 fully saturated rings. The summed E-state index contributed by atoms with van der Waals surface area (Å²) in [5, 5.41) is 3.32. The van der Waals surface area contributed by atoms with Crippen molar-refractivity contribution < 1.29 is 4.65 Å². The van der Waals surface area contributed by atoms with Crippen LogP contribution in [0.25, 0.3) is 0 Å². The summed E-state index contributed by atoms with van der Waals surface area (Å²) in [5.74, 6) is 0. The first-order chi connectivity index (χ1) is 3.95. The van der Waals surface area contributed by atoms with E-state index >= 15 is 0 Å². The van der Waals surface area contributed by atoms with E-state index in [0.717, 1.165) is 13.0 Å². The maximum absolute atomic E-state index is 5.53. The molecule has 3 heteroatoms. The minimum absolute atomic E-state index is 0.550. The van der Waals surface area contributed by atoms with Gasteiger partial charge in [-0.05, 0) is 12.7 Å². The largest absolute Gasteiger partial charge is 0.431 e. The van der Waals surface area contributed by atoms with Crippen LogP contribution in [0.5, 0.6) is 0 Å². The van der Waals surface area contributed by atoms with Crippen LogP contribution < -0.4 is 5.32 Å². The van der Waals surface area contributed by atoms with Gasteiger partial charge in [0.15, 0.2) is 0 Å². The molecule has 0 aromatic carbocycles. The molecule has 0 radical (unpaired) electrons. The lowest BCUT2D eigenvalue weighted by atomic mass is 9.66. The van der Waals surface area contributed by atoms with Crippen molar-refractivity contribution in [2.75, 3.05) is 13.0 Å². The molecule has 44 valence electrons. The standard InChI is InChI=1S/C5H10BNO/c1-2-6-4-7-3-5(1)8-6/h5,7H,1-4H2. The molecule has 1 unspecified atom stereocenters. The molecule has 1 N–H and O–H groups in total. The Bertz CT molecular complexity index is 84.4. The number of fused-ring (bicyclic) bond motifs is 2. The highest BCUT2D eigenvalue weighted by Crippen LogP contribution is 2.19. The molecule has 0 spiro atoms. The van der Waals surface area contributed by atoms with Crippen molar-refractivity contribution in [1.29, 1.82) is 0 Å². The van der Waals surface area contributed by atoms with Crippen LogP contribution in [0.3, 0.4) is 0 Å². The van der Waals surface area contributed by atoms with Crippen LogP contribution in [-0.2, 0) is 4.65 Å². The molecule has 1 atom stereocenters. The van der Waals surface area contributed by atoms with Crippen LogP contribution in [0.15, 0.2) is 0 Å². The van der Waals surface area contributed by atoms with E-state index in [-0.39, 0.29) is 0 Å². The highest BCUT2D eigenvalue weighted by Gasteiger charge is 2.32. The molecule has 2 nitrogen and oxygen atoms in total. The van der Waals surface area contributed by atoms with E-state index < -0.39 is 0 Å². The Hall–Kier alpha value is -0.0151. The predicted molar refractivity (Wildman–Crippen MR) is 32.9 cm³/mol. The third-order valence-electron chi connectivity index (χ3n) is 1.94. The van der Waals surface area contributed by atoms with Crippen LogP contribution in [0.4, 0.5) is 0 Å². The van der Waals surface area contributed by atoms with Crippen LogP contribution in [0, 0.1) is 0 Å². The van der Waals surface area contributed by atoms with Crippen molar-refractivity contribution in [2.45, 2.75) is 18.8 Å². The Balaban J connectivity index is 2.03. The highest BCUT2D eigenvalue weighted by atomic mass is 16.5. The van der Waals surface area contributed by atoms with Gasteiger partial charge in [-0.25, -0.2) is 0 Å².